The second-order valence-corrected chi connectivity index (χ2v) is 6.13. The van der Waals surface area contributed by atoms with Crippen LogP contribution in [-0.2, 0) is 6.42 Å². The molecular weight excluding hydrogens is 264 g/mol. The van der Waals surface area contributed by atoms with E-state index in [1.807, 2.05) is 6.07 Å². The largest absolute Gasteiger partial charge is 0.384 e. The van der Waals surface area contributed by atoms with Crippen molar-refractivity contribution < 1.29 is 4.79 Å². The van der Waals surface area contributed by atoms with Crippen molar-refractivity contribution in [3.05, 3.63) is 23.4 Å². The van der Waals surface area contributed by atoms with Crippen molar-refractivity contribution in [2.75, 3.05) is 25.9 Å². The van der Waals surface area contributed by atoms with Gasteiger partial charge in [0.1, 0.15) is 5.82 Å². The number of rotatable bonds is 4. The van der Waals surface area contributed by atoms with Gasteiger partial charge in [0.25, 0.3) is 5.91 Å². The van der Waals surface area contributed by atoms with E-state index in [4.69, 9.17) is 5.73 Å². The summed E-state index contributed by atoms with van der Waals surface area (Å²) >= 11 is 0. The van der Waals surface area contributed by atoms with Gasteiger partial charge >= 0.3 is 0 Å². The number of hydrogen-bond acceptors (Lipinski definition) is 4. The zero-order valence-electron chi connectivity index (χ0n) is 13.2. The van der Waals surface area contributed by atoms with Gasteiger partial charge in [-0.3, -0.25) is 4.79 Å². The Balaban J connectivity index is 2.06. The highest BCUT2D eigenvalue weighted by Gasteiger charge is 2.25. The molecule has 1 aromatic heterocycles. The molecule has 2 atom stereocenters. The average Bonchev–Trinajstić information content (AvgIpc) is 2.41. The Morgan fingerprint density at radius 1 is 1.52 bits per heavy atom. The first-order valence-corrected chi connectivity index (χ1v) is 7.75. The number of amides is 1. The number of nitrogens with one attached hydrogen (secondary N) is 1. The molecule has 1 aliphatic rings. The maximum Gasteiger partial charge on any atom is 0.251 e. The number of likely N-dealkylation sites (tertiary alicyclic amines) is 1. The molecular formula is C16H26N4O. The second-order valence-electron chi connectivity index (χ2n) is 6.13. The Kier molecular flexibility index (Phi) is 5.17. The second kappa shape index (κ2) is 6.89. The summed E-state index contributed by atoms with van der Waals surface area (Å²) in [6.45, 7) is 6.31. The number of piperidine rings is 1. The molecule has 0 aromatic carbocycles. The normalized spacial score (nSPS) is 23.0. The van der Waals surface area contributed by atoms with E-state index in [-0.39, 0.29) is 11.9 Å². The van der Waals surface area contributed by atoms with Crippen molar-refractivity contribution in [1.82, 2.24) is 15.2 Å². The Morgan fingerprint density at radius 3 is 2.95 bits per heavy atom. The lowest BCUT2D eigenvalue weighted by atomic mass is 9.94. The van der Waals surface area contributed by atoms with Crippen LogP contribution in [0.5, 0.6) is 0 Å². The third kappa shape index (κ3) is 4.17. The molecule has 1 aliphatic heterocycles. The number of aryl methyl sites for hydroxylation is 1. The summed E-state index contributed by atoms with van der Waals surface area (Å²) in [4.78, 5) is 19.0. The highest BCUT2D eigenvalue weighted by atomic mass is 16.1. The predicted octanol–water partition coefficient (Wildman–Crippen LogP) is 1.69. The number of anilines is 1. The Bertz CT molecular complexity index is 503. The fourth-order valence-corrected chi connectivity index (χ4v) is 2.95. The maximum atomic E-state index is 12.4. The lowest BCUT2D eigenvalue weighted by Crippen LogP contribution is -2.48. The number of nitrogens with zero attached hydrogens (tertiary/aromatic N) is 2. The number of carbonyl (C=O) groups excluding carboxylic acids is 1. The first-order chi connectivity index (χ1) is 9.99. The number of pyridine rings is 1. The minimum Gasteiger partial charge on any atom is -0.384 e. The summed E-state index contributed by atoms with van der Waals surface area (Å²) in [7, 11) is 2.12. The van der Waals surface area contributed by atoms with Crippen LogP contribution in [0.4, 0.5) is 5.82 Å². The number of aromatic nitrogens is 1. The summed E-state index contributed by atoms with van der Waals surface area (Å²) in [5, 5.41) is 3.15. The summed E-state index contributed by atoms with van der Waals surface area (Å²) in [6.07, 6.45) is 2.82. The maximum absolute atomic E-state index is 12.4. The van der Waals surface area contributed by atoms with Crippen molar-refractivity contribution in [2.24, 2.45) is 5.92 Å². The Morgan fingerprint density at radius 2 is 2.29 bits per heavy atom. The third-order valence-electron chi connectivity index (χ3n) is 4.09. The average molecular weight is 290 g/mol. The summed E-state index contributed by atoms with van der Waals surface area (Å²) < 4.78 is 0. The van der Waals surface area contributed by atoms with Crippen LogP contribution in [0.25, 0.3) is 0 Å². The Labute approximate surface area is 126 Å². The predicted molar refractivity (Wildman–Crippen MR) is 85.2 cm³/mol. The fourth-order valence-electron chi connectivity index (χ4n) is 2.95. The highest BCUT2D eigenvalue weighted by molar-refractivity contribution is 5.95. The number of carbonyl (C=O) groups is 1. The smallest absolute Gasteiger partial charge is 0.251 e. The summed E-state index contributed by atoms with van der Waals surface area (Å²) in [5.41, 5.74) is 7.32. The van der Waals surface area contributed by atoms with Gasteiger partial charge in [-0.1, -0.05) is 20.3 Å². The van der Waals surface area contributed by atoms with E-state index in [1.54, 1.807) is 6.07 Å². The fraction of sp³-hybridized carbons (Fsp3) is 0.625. The van der Waals surface area contributed by atoms with E-state index < -0.39 is 0 Å². The molecule has 3 N–H and O–H groups in total. The lowest BCUT2D eigenvalue weighted by Gasteiger charge is -2.35. The van der Waals surface area contributed by atoms with Crippen LogP contribution in [0.1, 0.15) is 42.7 Å². The van der Waals surface area contributed by atoms with Crippen LogP contribution in [0, 0.1) is 5.92 Å². The van der Waals surface area contributed by atoms with Gasteiger partial charge in [-0.2, -0.15) is 0 Å². The van der Waals surface area contributed by atoms with Crippen LogP contribution >= 0.6 is 0 Å². The summed E-state index contributed by atoms with van der Waals surface area (Å²) in [5.74, 6) is 0.840. The quantitative estimate of drug-likeness (QED) is 0.885. The molecule has 2 heterocycles. The molecule has 5 heteroatoms. The van der Waals surface area contributed by atoms with Crippen LogP contribution in [0.15, 0.2) is 12.1 Å². The topological polar surface area (TPSA) is 71.2 Å². The molecule has 0 saturated carbocycles. The van der Waals surface area contributed by atoms with Gasteiger partial charge in [0.2, 0.25) is 0 Å². The van der Waals surface area contributed by atoms with Crippen LogP contribution < -0.4 is 11.1 Å². The molecule has 1 amide bonds. The first kappa shape index (κ1) is 15.8. The van der Waals surface area contributed by atoms with Gasteiger partial charge < -0.3 is 16.0 Å². The van der Waals surface area contributed by atoms with Crippen LogP contribution in [0.3, 0.4) is 0 Å². The summed E-state index contributed by atoms with van der Waals surface area (Å²) in [6, 6.07) is 3.75. The molecule has 5 nitrogen and oxygen atoms in total. The van der Waals surface area contributed by atoms with E-state index in [1.165, 1.54) is 0 Å². The van der Waals surface area contributed by atoms with Gasteiger partial charge in [-0.05, 0) is 44.5 Å². The molecule has 2 rings (SSSR count). The molecule has 0 radical (unpaired) electrons. The molecule has 2 unspecified atom stereocenters. The van der Waals surface area contributed by atoms with Gasteiger partial charge in [-0.15, -0.1) is 0 Å². The molecule has 1 aromatic rings. The Hall–Kier alpha value is -1.62. The van der Waals surface area contributed by atoms with E-state index in [9.17, 15) is 4.79 Å². The van der Waals surface area contributed by atoms with E-state index in [2.05, 4.69) is 36.1 Å². The van der Waals surface area contributed by atoms with Gasteiger partial charge in [-0.25, -0.2) is 4.98 Å². The zero-order valence-corrected chi connectivity index (χ0v) is 13.2. The van der Waals surface area contributed by atoms with Gasteiger partial charge in [0, 0.05) is 23.8 Å². The SMILES string of the molecule is CCCc1cc(C(=O)NC2CCN(C)CC2C)cc(N)n1. The van der Waals surface area contributed by atoms with Crippen molar-refractivity contribution in [3.63, 3.8) is 0 Å². The molecule has 0 bridgehead atoms. The van der Waals surface area contributed by atoms with E-state index >= 15 is 0 Å². The van der Waals surface area contributed by atoms with Gasteiger partial charge in [0.15, 0.2) is 0 Å². The number of nitrogens with two attached hydrogens (primary N) is 1. The van der Waals surface area contributed by atoms with E-state index in [0.29, 0.717) is 17.3 Å². The van der Waals surface area contributed by atoms with Crippen molar-refractivity contribution >= 4 is 11.7 Å². The minimum absolute atomic E-state index is 0.0390. The highest BCUT2D eigenvalue weighted by Crippen LogP contribution is 2.17. The standard InChI is InChI=1S/C16H26N4O/c1-4-5-13-8-12(9-15(17)18-13)16(21)19-14-6-7-20(3)10-11(14)2/h8-9,11,14H,4-7,10H2,1-3H3,(H2,17,18)(H,19,21). The van der Waals surface area contributed by atoms with Crippen molar-refractivity contribution in [2.45, 2.75) is 39.2 Å². The molecule has 0 aliphatic carbocycles. The van der Waals surface area contributed by atoms with Gasteiger partial charge in [0.05, 0.1) is 0 Å². The van der Waals surface area contributed by atoms with Crippen LogP contribution in [-0.4, -0.2) is 42.0 Å². The monoisotopic (exact) mass is 290 g/mol. The van der Waals surface area contributed by atoms with Crippen LogP contribution in [0.2, 0.25) is 0 Å². The van der Waals surface area contributed by atoms with E-state index in [0.717, 1.165) is 38.0 Å². The molecule has 1 fully saturated rings. The molecule has 0 spiro atoms. The number of nitrogen functional groups attached to an aromatic ring is 1. The number of hydrogen-bond donors (Lipinski definition) is 2. The minimum atomic E-state index is -0.0390. The zero-order chi connectivity index (χ0) is 15.4. The molecule has 21 heavy (non-hydrogen) atoms. The lowest BCUT2D eigenvalue weighted by molar-refractivity contribution is 0.0883. The molecule has 116 valence electrons. The molecule has 1 saturated heterocycles. The third-order valence-corrected chi connectivity index (χ3v) is 4.09. The van der Waals surface area contributed by atoms with Crippen molar-refractivity contribution in [1.29, 1.82) is 0 Å². The first-order valence-electron chi connectivity index (χ1n) is 7.75. The van der Waals surface area contributed by atoms with Crippen molar-refractivity contribution in [3.8, 4) is 0 Å².